The van der Waals surface area contributed by atoms with Crippen molar-refractivity contribution in [2.24, 2.45) is 11.8 Å². The van der Waals surface area contributed by atoms with Gasteiger partial charge in [-0.3, -0.25) is 9.69 Å². The lowest BCUT2D eigenvalue weighted by molar-refractivity contribution is -0.139. The van der Waals surface area contributed by atoms with Gasteiger partial charge < -0.3 is 5.11 Å². The lowest BCUT2D eigenvalue weighted by atomic mass is 9.83. The molecule has 2 fully saturated rings. The van der Waals surface area contributed by atoms with Gasteiger partial charge in [0.2, 0.25) is 0 Å². The Morgan fingerprint density at radius 1 is 1.24 bits per heavy atom. The van der Waals surface area contributed by atoms with E-state index in [4.69, 9.17) is 5.11 Å². The number of aliphatic carboxylic acids is 1. The van der Waals surface area contributed by atoms with Crippen LogP contribution in [0.5, 0.6) is 0 Å². The number of carboxylic acids is 1. The number of hydrogen-bond donors (Lipinski definition) is 1. The summed E-state index contributed by atoms with van der Waals surface area (Å²) < 4.78 is 0. The van der Waals surface area contributed by atoms with Crippen molar-refractivity contribution >= 4 is 5.97 Å². The molecule has 0 amide bonds. The van der Waals surface area contributed by atoms with Crippen LogP contribution in [0.1, 0.15) is 51.9 Å². The van der Waals surface area contributed by atoms with Crippen molar-refractivity contribution in [3.63, 3.8) is 0 Å². The van der Waals surface area contributed by atoms with Gasteiger partial charge in [0.25, 0.3) is 0 Å². The SMILES string of the molecule is CCC1CCCC(N(CC(=O)O)CC2CC2)C1. The van der Waals surface area contributed by atoms with Crippen molar-refractivity contribution in [1.82, 2.24) is 4.90 Å². The fourth-order valence-corrected chi connectivity index (χ4v) is 3.11. The van der Waals surface area contributed by atoms with Crippen molar-refractivity contribution in [1.29, 1.82) is 0 Å². The molecule has 2 saturated carbocycles. The smallest absolute Gasteiger partial charge is 0.317 e. The number of carboxylic acid groups (broad SMARTS) is 1. The molecule has 2 aliphatic rings. The molecule has 2 unspecified atom stereocenters. The fraction of sp³-hybridized carbons (Fsp3) is 0.929. The summed E-state index contributed by atoms with van der Waals surface area (Å²) in [5.41, 5.74) is 0. The lowest BCUT2D eigenvalue weighted by Crippen LogP contribution is -2.43. The third kappa shape index (κ3) is 3.98. The van der Waals surface area contributed by atoms with E-state index in [9.17, 15) is 4.79 Å². The highest BCUT2D eigenvalue weighted by Crippen LogP contribution is 2.34. The van der Waals surface area contributed by atoms with Crippen LogP contribution in [-0.4, -0.2) is 35.1 Å². The molecule has 2 atom stereocenters. The largest absolute Gasteiger partial charge is 0.480 e. The molecular weight excluding hydrogens is 214 g/mol. The van der Waals surface area contributed by atoms with E-state index in [-0.39, 0.29) is 6.54 Å². The van der Waals surface area contributed by atoms with Crippen LogP contribution in [0.25, 0.3) is 0 Å². The molecule has 0 heterocycles. The van der Waals surface area contributed by atoms with E-state index in [2.05, 4.69) is 11.8 Å². The van der Waals surface area contributed by atoms with Gasteiger partial charge in [-0.15, -0.1) is 0 Å². The predicted molar refractivity (Wildman–Crippen MR) is 68.0 cm³/mol. The fourth-order valence-electron chi connectivity index (χ4n) is 3.11. The summed E-state index contributed by atoms with van der Waals surface area (Å²) in [6.45, 7) is 3.53. The van der Waals surface area contributed by atoms with Gasteiger partial charge in [0.15, 0.2) is 0 Å². The average molecular weight is 239 g/mol. The van der Waals surface area contributed by atoms with Crippen molar-refractivity contribution in [2.75, 3.05) is 13.1 Å². The summed E-state index contributed by atoms with van der Waals surface area (Å²) in [5.74, 6) is 0.949. The molecule has 0 aromatic heterocycles. The van der Waals surface area contributed by atoms with Crippen molar-refractivity contribution in [2.45, 2.75) is 57.9 Å². The number of nitrogens with zero attached hydrogens (tertiary/aromatic N) is 1. The third-order valence-corrected chi connectivity index (χ3v) is 4.38. The molecule has 0 saturated heterocycles. The van der Waals surface area contributed by atoms with E-state index in [0.717, 1.165) is 18.4 Å². The molecule has 3 nitrogen and oxygen atoms in total. The van der Waals surface area contributed by atoms with Crippen LogP contribution in [-0.2, 0) is 4.79 Å². The van der Waals surface area contributed by atoms with Gasteiger partial charge in [-0.05, 0) is 37.5 Å². The molecule has 3 heteroatoms. The maximum Gasteiger partial charge on any atom is 0.317 e. The van der Waals surface area contributed by atoms with Gasteiger partial charge in [0, 0.05) is 12.6 Å². The molecule has 17 heavy (non-hydrogen) atoms. The highest BCUT2D eigenvalue weighted by atomic mass is 16.4. The molecule has 98 valence electrons. The molecular formula is C14H25NO2. The van der Waals surface area contributed by atoms with Crippen LogP contribution in [0.2, 0.25) is 0 Å². The minimum Gasteiger partial charge on any atom is -0.480 e. The first-order valence-corrected chi connectivity index (χ1v) is 7.15. The van der Waals surface area contributed by atoms with Crippen LogP contribution in [0.4, 0.5) is 0 Å². The molecule has 0 spiro atoms. The maximum absolute atomic E-state index is 11.0. The monoisotopic (exact) mass is 239 g/mol. The van der Waals surface area contributed by atoms with E-state index >= 15 is 0 Å². The summed E-state index contributed by atoms with van der Waals surface area (Å²) in [4.78, 5) is 13.2. The van der Waals surface area contributed by atoms with Crippen LogP contribution in [0.3, 0.4) is 0 Å². The molecule has 0 aromatic rings. The van der Waals surface area contributed by atoms with Gasteiger partial charge in [0.05, 0.1) is 6.54 Å². The quantitative estimate of drug-likeness (QED) is 0.775. The van der Waals surface area contributed by atoms with Crippen molar-refractivity contribution < 1.29 is 9.90 Å². The van der Waals surface area contributed by atoms with E-state index in [1.54, 1.807) is 0 Å². The molecule has 0 aromatic carbocycles. The highest BCUT2D eigenvalue weighted by Gasteiger charge is 2.31. The molecule has 2 aliphatic carbocycles. The zero-order valence-corrected chi connectivity index (χ0v) is 10.9. The minimum absolute atomic E-state index is 0.248. The molecule has 0 radical (unpaired) electrons. The second-order valence-electron chi connectivity index (χ2n) is 5.86. The highest BCUT2D eigenvalue weighted by molar-refractivity contribution is 5.69. The number of rotatable bonds is 6. The Bertz CT molecular complexity index is 263. The first-order chi connectivity index (χ1) is 8.19. The van der Waals surface area contributed by atoms with Crippen molar-refractivity contribution in [3.05, 3.63) is 0 Å². The van der Waals surface area contributed by atoms with Gasteiger partial charge in [0.1, 0.15) is 0 Å². The van der Waals surface area contributed by atoms with Gasteiger partial charge in [-0.25, -0.2) is 0 Å². The normalized spacial score (nSPS) is 29.5. The minimum atomic E-state index is -0.663. The standard InChI is InChI=1S/C14H25NO2/c1-2-11-4-3-5-13(8-11)15(10-14(16)17)9-12-6-7-12/h11-13H,2-10H2,1H3,(H,16,17). The number of hydrogen-bond acceptors (Lipinski definition) is 2. The Morgan fingerprint density at radius 2 is 2.00 bits per heavy atom. The van der Waals surface area contributed by atoms with Gasteiger partial charge in [-0.1, -0.05) is 26.2 Å². The summed E-state index contributed by atoms with van der Waals surface area (Å²) in [7, 11) is 0. The Balaban J connectivity index is 1.90. The summed E-state index contributed by atoms with van der Waals surface area (Å²) in [6.07, 6.45) is 8.91. The Labute approximate surface area is 104 Å². The molecule has 0 aliphatic heterocycles. The molecule has 2 rings (SSSR count). The summed E-state index contributed by atoms with van der Waals surface area (Å²) in [5, 5.41) is 9.03. The third-order valence-electron chi connectivity index (χ3n) is 4.38. The van der Waals surface area contributed by atoms with Crippen LogP contribution >= 0.6 is 0 Å². The van der Waals surface area contributed by atoms with Gasteiger partial charge >= 0.3 is 5.97 Å². The molecule has 1 N–H and O–H groups in total. The second kappa shape index (κ2) is 5.85. The van der Waals surface area contributed by atoms with Crippen LogP contribution in [0, 0.1) is 11.8 Å². The van der Waals surface area contributed by atoms with E-state index in [0.29, 0.717) is 6.04 Å². The second-order valence-corrected chi connectivity index (χ2v) is 5.86. The predicted octanol–water partition coefficient (Wildman–Crippen LogP) is 2.75. The Hall–Kier alpha value is -0.570. The zero-order valence-electron chi connectivity index (χ0n) is 10.9. The first-order valence-electron chi connectivity index (χ1n) is 7.15. The lowest BCUT2D eigenvalue weighted by Gasteiger charge is -2.36. The van der Waals surface area contributed by atoms with E-state index in [1.165, 1.54) is 44.9 Å². The Kier molecular flexibility index (Phi) is 4.43. The number of carbonyl (C=O) groups is 1. The van der Waals surface area contributed by atoms with E-state index < -0.39 is 5.97 Å². The van der Waals surface area contributed by atoms with E-state index in [1.807, 2.05) is 0 Å². The maximum atomic E-state index is 11.0. The zero-order chi connectivity index (χ0) is 12.3. The first kappa shape index (κ1) is 12.9. The Morgan fingerprint density at radius 3 is 2.59 bits per heavy atom. The average Bonchev–Trinajstić information content (AvgIpc) is 3.12. The van der Waals surface area contributed by atoms with Crippen molar-refractivity contribution in [3.8, 4) is 0 Å². The van der Waals surface area contributed by atoms with Gasteiger partial charge in [-0.2, -0.15) is 0 Å². The summed E-state index contributed by atoms with van der Waals surface area (Å²) >= 11 is 0. The topological polar surface area (TPSA) is 40.5 Å². The van der Waals surface area contributed by atoms with Crippen LogP contribution < -0.4 is 0 Å². The summed E-state index contributed by atoms with van der Waals surface area (Å²) in [6, 6.07) is 0.533. The molecule has 0 bridgehead atoms. The van der Waals surface area contributed by atoms with Crippen LogP contribution in [0.15, 0.2) is 0 Å².